The predicted molar refractivity (Wildman–Crippen MR) is 118 cm³/mol. The number of carbonyl (C=O) groups excluding carboxylic acids is 1. The standard InChI is InChI=1S/C20H31N5O3S/c1-6-8-10-24(19(27)16-13(5)22-14(29-16)9-7-2)15-17(21)25(11-12(3)4)20(28)23-18(15)26/h12H,6-11,21H2,1-5H3,(H,23,26,28). The van der Waals surface area contributed by atoms with Crippen LogP contribution in [0.1, 0.15) is 67.3 Å². The van der Waals surface area contributed by atoms with Crippen LogP contribution >= 0.6 is 11.3 Å². The number of rotatable bonds is 9. The Kier molecular flexibility index (Phi) is 7.78. The number of hydrogen-bond acceptors (Lipinski definition) is 6. The molecule has 0 aliphatic carbocycles. The lowest BCUT2D eigenvalue weighted by Crippen LogP contribution is -2.42. The van der Waals surface area contributed by atoms with E-state index in [-0.39, 0.29) is 23.3 Å². The largest absolute Gasteiger partial charge is 0.383 e. The number of nitrogens with two attached hydrogens (primary N) is 1. The number of anilines is 2. The predicted octanol–water partition coefficient (Wildman–Crippen LogP) is 2.94. The Bertz CT molecular complexity index is 973. The molecule has 1 amide bonds. The third-order valence-electron chi connectivity index (χ3n) is 4.51. The maximum absolute atomic E-state index is 13.4. The fourth-order valence-corrected chi connectivity index (χ4v) is 4.23. The topological polar surface area (TPSA) is 114 Å². The summed E-state index contributed by atoms with van der Waals surface area (Å²) >= 11 is 1.35. The maximum Gasteiger partial charge on any atom is 0.330 e. The number of aryl methyl sites for hydroxylation is 2. The first-order chi connectivity index (χ1) is 13.7. The van der Waals surface area contributed by atoms with Gasteiger partial charge in [0.05, 0.1) is 10.7 Å². The van der Waals surface area contributed by atoms with Gasteiger partial charge in [0, 0.05) is 13.1 Å². The second-order valence-corrected chi connectivity index (χ2v) is 8.66. The van der Waals surface area contributed by atoms with Gasteiger partial charge in [-0.15, -0.1) is 11.3 Å². The fraction of sp³-hybridized carbons (Fsp3) is 0.600. The summed E-state index contributed by atoms with van der Waals surface area (Å²) in [6, 6.07) is 0. The van der Waals surface area contributed by atoms with Crippen molar-refractivity contribution in [2.75, 3.05) is 17.2 Å². The van der Waals surface area contributed by atoms with E-state index >= 15 is 0 Å². The Morgan fingerprint density at radius 3 is 2.55 bits per heavy atom. The van der Waals surface area contributed by atoms with E-state index in [2.05, 4.69) is 16.9 Å². The normalized spacial score (nSPS) is 11.2. The van der Waals surface area contributed by atoms with Crippen LogP contribution in [0, 0.1) is 12.8 Å². The summed E-state index contributed by atoms with van der Waals surface area (Å²) in [4.78, 5) is 47.1. The van der Waals surface area contributed by atoms with Crippen LogP contribution in [0.25, 0.3) is 0 Å². The van der Waals surface area contributed by atoms with E-state index in [1.165, 1.54) is 20.8 Å². The highest BCUT2D eigenvalue weighted by molar-refractivity contribution is 7.14. The number of aromatic nitrogens is 3. The van der Waals surface area contributed by atoms with Crippen LogP contribution in [0.15, 0.2) is 9.59 Å². The van der Waals surface area contributed by atoms with Crippen molar-refractivity contribution in [3.63, 3.8) is 0 Å². The lowest BCUT2D eigenvalue weighted by Gasteiger charge is -2.24. The van der Waals surface area contributed by atoms with Gasteiger partial charge in [0.1, 0.15) is 10.7 Å². The molecular weight excluding hydrogens is 390 g/mol. The van der Waals surface area contributed by atoms with Crippen molar-refractivity contribution in [2.45, 2.75) is 66.8 Å². The number of H-pyrrole nitrogens is 1. The highest BCUT2D eigenvalue weighted by Gasteiger charge is 2.27. The molecule has 29 heavy (non-hydrogen) atoms. The monoisotopic (exact) mass is 421 g/mol. The molecular formula is C20H31N5O3S. The summed E-state index contributed by atoms with van der Waals surface area (Å²) < 4.78 is 1.33. The summed E-state index contributed by atoms with van der Waals surface area (Å²) in [6.45, 7) is 10.5. The van der Waals surface area contributed by atoms with Gasteiger partial charge in [0.15, 0.2) is 5.69 Å². The molecule has 0 spiro atoms. The van der Waals surface area contributed by atoms with Crippen molar-refractivity contribution in [3.05, 3.63) is 36.4 Å². The van der Waals surface area contributed by atoms with E-state index < -0.39 is 11.2 Å². The molecule has 2 heterocycles. The molecule has 0 saturated heterocycles. The van der Waals surface area contributed by atoms with E-state index in [1.54, 1.807) is 6.92 Å². The molecule has 2 aromatic heterocycles. The van der Waals surface area contributed by atoms with Crippen LogP contribution in [0.3, 0.4) is 0 Å². The summed E-state index contributed by atoms with van der Waals surface area (Å²) in [7, 11) is 0. The number of nitrogens with one attached hydrogen (secondary N) is 1. The van der Waals surface area contributed by atoms with E-state index in [4.69, 9.17) is 5.73 Å². The fourth-order valence-electron chi connectivity index (χ4n) is 3.11. The highest BCUT2D eigenvalue weighted by Crippen LogP contribution is 2.26. The molecule has 0 radical (unpaired) electrons. The van der Waals surface area contributed by atoms with Gasteiger partial charge in [-0.3, -0.25) is 24.0 Å². The third kappa shape index (κ3) is 5.14. The number of unbranched alkanes of at least 4 members (excludes halogenated alkanes) is 1. The van der Waals surface area contributed by atoms with E-state index in [9.17, 15) is 14.4 Å². The number of hydrogen-bond donors (Lipinski definition) is 2. The minimum atomic E-state index is -0.645. The van der Waals surface area contributed by atoms with Gasteiger partial charge in [0.25, 0.3) is 11.5 Å². The van der Waals surface area contributed by atoms with Crippen LogP contribution < -0.4 is 21.9 Å². The maximum atomic E-state index is 13.4. The van der Waals surface area contributed by atoms with E-state index in [0.29, 0.717) is 30.1 Å². The number of nitrogen functional groups attached to an aromatic ring is 1. The summed E-state index contributed by atoms with van der Waals surface area (Å²) in [5, 5.41) is 0.899. The number of carbonyl (C=O) groups is 1. The first-order valence-corrected chi connectivity index (χ1v) is 10.9. The minimum absolute atomic E-state index is 0.0212. The molecule has 0 bridgehead atoms. The highest BCUT2D eigenvalue weighted by atomic mass is 32.1. The molecule has 0 saturated carbocycles. The molecule has 9 heteroatoms. The van der Waals surface area contributed by atoms with Gasteiger partial charge in [-0.2, -0.15) is 0 Å². The number of thiazole rings is 1. The third-order valence-corrected chi connectivity index (χ3v) is 5.72. The quantitative estimate of drug-likeness (QED) is 0.646. The van der Waals surface area contributed by atoms with Crippen LogP contribution in [-0.4, -0.2) is 27.0 Å². The summed E-state index contributed by atoms with van der Waals surface area (Å²) in [5.74, 6) is -0.135. The molecule has 160 valence electrons. The lowest BCUT2D eigenvalue weighted by molar-refractivity contribution is 0.0989. The molecule has 0 atom stereocenters. The molecule has 3 N–H and O–H groups in total. The Labute approximate surface area is 174 Å². The molecule has 0 aromatic carbocycles. The Hall–Kier alpha value is -2.42. The van der Waals surface area contributed by atoms with Crippen molar-refractivity contribution < 1.29 is 4.79 Å². The van der Waals surface area contributed by atoms with Gasteiger partial charge < -0.3 is 5.73 Å². The molecule has 0 unspecified atom stereocenters. The molecule has 0 fully saturated rings. The second kappa shape index (κ2) is 9.87. The van der Waals surface area contributed by atoms with Crippen LogP contribution in [0.2, 0.25) is 0 Å². The van der Waals surface area contributed by atoms with E-state index in [0.717, 1.165) is 24.3 Å². The number of amides is 1. The van der Waals surface area contributed by atoms with Gasteiger partial charge in [-0.05, 0) is 32.1 Å². The van der Waals surface area contributed by atoms with Crippen molar-refractivity contribution in [3.8, 4) is 0 Å². The average molecular weight is 422 g/mol. The molecule has 0 aliphatic rings. The molecule has 8 nitrogen and oxygen atoms in total. The average Bonchev–Trinajstić information content (AvgIpc) is 3.01. The Balaban J connectivity index is 2.60. The molecule has 2 aromatic rings. The van der Waals surface area contributed by atoms with E-state index in [1.807, 2.05) is 20.8 Å². The number of aromatic amines is 1. The first kappa shape index (κ1) is 22.9. The Morgan fingerprint density at radius 1 is 1.28 bits per heavy atom. The molecule has 2 rings (SSSR count). The van der Waals surface area contributed by atoms with Crippen LogP contribution in [-0.2, 0) is 13.0 Å². The lowest BCUT2D eigenvalue weighted by atomic mass is 10.2. The first-order valence-electron chi connectivity index (χ1n) is 10.1. The minimum Gasteiger partial charge on any atom is -0.383 e. The van der Waals surface area contributed by atoms with Crippen LogP contribution in [0.4, 0.5) is 11.5 Å². The van der Waals surface area contributed by atoms with Crippen molar-refractivity contribution >= 4 is 28.7 Å². The SMILES string of the molecule is CCCCN(C(=O)c1sc(CCC)nc1C)c1c(N)n(CC(C)C)c(=O)[nH]c1=O. The zero-order valence-corrected chi connectivity index (χ0v) is 18.7. The summed E-state index contributed by atoms with van der Waals surface area (Å²) in [6.07, 6.45) is 3.28. The zero-order chi connectivity index (χ0) is 21.7. The summed E-state index contributed by atoms with van der Waals surface area (Å²) in [5.41, 5.74) is 5.73. The van der Waals surface area contributed by atoms with Crippen molar-refractivity contribution in [2.24, 2.45) is 5.92 Å². The smallest absolute Gasteiger partial charge is 0.330 e. The second-order valence-electron chi connectivity index (χ2n) is 7.58. The molecule has 0 aliphatic heterocycles. The van der Waals surface area contributed by atoms with Gasteiger partial charge >= 0.3 is 5.69 Å². The van der Waals surface area contributed by atoms with Gasteiger partial charge in [0.2, 0.25) is 0 Å². The zero-order valence-electron chi connectivity index (χ0n) is 17.9. The van der Waals surface area contributed by atoms with Crippen molar-refractivity contribution in [1.82, 2.24) is 14.5 Å². The Morgan fingerprint density at radius 2 is 1.97 bits per heavy atom. The van der Waals surface area contributed by atoms with Crippen molar-refractivity contribution in [1.29, 1.82) is 0 Å². The van der Waals surface area contributed by atoms with Gasteiger partial charge in [-0.25, -0.2) is 9.78 Å². The van der Waals surface area contributed by atoms with Crippen LogP contribution in [0.5, 0.6) is 0 Å². The van der Waals surface area contributed by atoms with Gasteiger partial charge in [-0.1, -0.05) is 34.1 Å². The number of nitrogens with zero attached hydrogens (tertiary/aromatic N) is 3.